The van der Waals surface area contributed by atoms with Crippen molar-refractivity contribution in [3.8, 4) is 5.88 Å². The number of fused-ring (bicyclic) bond motifs is 1. The first-order chi connectivity index (χ1) is 15.2. The highest BCUT2D eigenvalue weighted by Gasteiger charge is 2.28. The quantitative estimate of drug-likeness (QED) is 0.662. The Labute approximate surface area is 182 Å². The summed E-state index contributed by atoms with van der Waals surface area (Å²) in [5, 5.41) is 5.03. The van der Waals surface area contributed by atoms with Crippen LogP contribution < -0.4 is 10.1 Å². The van der Waals surface area contributed by atoms with Gasteiger partial charge in [-0.3, -0.25) is 9.59 Å². The molecule has 0 radical (unpaired) electrons. The summed E-state index contributed by atoms with van der Waals surface area (Å²) in [7, 11) is 0. The number of likely N-dealkylation sites (tertiary alicyclic amines) is 1. The molecule has 0 spiro atoms. The minimum Gasteiger partial charge on any atom is -0.478 e. The first kappa shape index (κ1) is 20.8. The van der Waals surface area contributed by atoms with Gasteiger partial charge in [-0.25, -0.2) is 4.98 Å². The van der Waals surface area contributed by atoms with Crippen LogP contribution in [0.25, 0.3) is 10.8 Å². The molecular formula is C25H27N3O3. The van der Waals surface area contributed by atoms with Gasteiger partial charge in [0.1, 0.15) is 0 Å². The topological polar surface area (TPSA) is 71.5 Å². The minimum atomic E-state index is -0.0937. The number of amides is 2. The van der Waals surface area contributed by atoms with Gasteiger partial charge in [0.15, 0.2) is 0 Å². The van der Waals surface area contributed by atoms with E-state index in [1.807, 2.05) is 66.4 Å². The summed E-state index contributed by atoms with van der Waals surface area (Å²) < 4.78 is 5.52. The number of piperidine rings is 1. The van der Waals surface area contributed by atoms with E-state index in [1.54, 1.807) is 6.20 Å². The van der Waals surface area contributed by atoms with Gasteiger partial charge in [0.2, 0.25) is 11.8 Å². The molecule has 1 fully saturated rings. The molecule has 0 aliphatic carbocycles. The third kappa shape index (κ3) is 4.68. The number of nitrogens with zero attached hydrogens (tertiary/aromatic N) is 2. The van der Waals surface area contributed by atoms with Gasteiger partial charge < -0.3 is 15.0 Å². The van der Waals surface area contributed by atoms with Crippen molar-refractivity contribution in [2.45, 2.75) is 26.3 Å². The maximum atomic E-state index is 13.1. The van der Waals surface area contributed by atoms with Crippen LogP contribution in [-0.2, 0) is 11.3 Å². The van der Waals surface area contributed by atoms with Gasteiger partial charge in [-0.2, -0.15) is 0 Å². The molecule has 2 amide bonds. The molecule has 0 bridgehead atoms. The van der Waals surface area contributed by atoms with E-state index in [1.165, 1.54) is 0 Å². The van der Waals surface area contributed by atoms with Crippen LogP contribution in [0.15, 0.2) is 60.8 Å². The molecule has 6 heteroatoms. The van der Waals surface area contributed by atoms with Gasteiger partial charge in [0.05, 0.1) is 6.61 Å². The lowest BCUT2D eigenvalue weighted by Gasteiger charge is -2.31. The summed E-state index contributed by atoms with van der Waals surface area (Å²) in [5.41, 5.74) is 1.59. The molecule has 1 aromatic heterocycles. The number of benzene rings is 2. The lowest BCUT2D eigenvalue weighted by Crippen LogP contribution is -2.43. The van der Waals surface area contributed by atoms with E-state index in [2.05, 4.69) is 10.3 Å². The molecule has 2 heterocycles. The van der Waals surface area contributed by atoms with Crippen molar-refractivity contribution in [3.63, 3.8) is 0 Å². The van der Waals surface area contributed by atoms with Crippen LogP contribution in [0.3, 0.4) is 0 Å². The van der Waals surface area contributed by atoms with Crippen LogP contribution in [0.2, 0.25) is 0 Å². The van der Waals surface area contributed by atoms with Crippen LogP contribution in [0.1, 0.15) is 35.7 Å². The number of rotatable bonds is 6. The zero-order chi connectivity index (χ0) is 21.6. The predicted molar refractivity (Wildman–Crippen MR) is 120 cm³/mol. The molecule has 1 N–H and O–H groups in total. The second kappa shape index (κ2) is 9.60. The van der Waals surface area contributed by atoms with Crippen molar-refractivity contribution in [2.75, 3.05) is 19.7 Å². The molecule has 160 valence electrons. The van der Waals surface area contributed by atoms with Crippen LogP contribution in [0.5, 0.6) is 5.88 Å². The Morgan fingerprint density at radius 1 is 1.06 bits per heavy atom. The number of carbonyl (C=O) groups is 2. The molecule has 6 nitrogen and oxygen atoms in total. The normalized spacial score (nSPS) is 14.4. The second-order valence-electron chi connectivity index (χ2n) is 7.71. The lowest BCUT2D eigenvalue weighted by molar-refractivity contribution is -0.126. The smallest absolute Gasteiger partial charge is 0.254 e. The van der Waals surface area contributed by atoms with E-state index in [4.69, 9.17) is 4.74 Å². The Kier molecular flexibility index (Phi) is 6.46. The minimum absolute atomic E-state index is 0.0172. The van der Waals surface area contributed by atoms with E-state index in [-0.39, 0.29) is 17.7 Å². The zero-order valence-corrected chi connectivity index (χ0v) is 17.7. The van der Waals surface area contributed by atoms with Crippen molar-refractivity contribution < 1.29 is 14.3 Å². The molecule has 0 saturated carbocycles. The first-order valence-corrected chi connectivity index (χ1v) is 10.8. The first-order valence-electron chi connectivity index (χ1n) is 10.8. The Morgan fingerprint density at radius 2 is 1.84 bits per heavy atom. The van der Waals surface area contributed by atoms with Gasteiger partial charge in [0, 0.05) is 42.9 Å². The summed E-state index contributed by atoms with van der Waals surface area (Å²) >= 11 is 0. The molecular weight excluding hydrogens is 390 g/mol. The standard InChI is InChI=1S/C25H27N3O3/c1-2-31-24-20(9-6-14-26-24)17-27-23(29)19-12-15-28(16-13-19)25(30)22-11-5-8-18-7-3-4-10-21(18)22/h3-11,14,19H,2,12-13,15-17H2,1H3,(H,27,29). The van der Waals surface area contributed by atoms with Gasteiger partial charge >= 0.3 is 0 Å². The number of nitrogens with one attached hydrogen (secondary N) is 1. The molecule has 1 aliphatic rings. The predicted octanol–water partition coefficient (Wildman–Crippen LogP) is 3.80. The third-order valence-electron chi connectivity index (χ3n) is 5.76. The summed E-state index contributed by atoms with van der Waals surface area (Å²) in [4.78, 5) is 31.9. The summed E-state index contributed by atoms with van der Waals surface area (Å²) in [6.07, 6.45) is 3.00. The van der Waals surface area contributed by atoms with Gasteiger partial charge in [-0.15, -0.1) is 0 Å². The molecule has 4 rings (SSSR count). The summed E-state index contributed by atoms with van der Waals surface area (Å²) in [5.74, 6) is 0.514. The van der Waals surface area contributed by atoms with Crippen molar-refractivity contribution >= 4 is 22.6 Å². The highest BCUT2D eigenvalue weighted by atomic mass is 16.5. The average Bonchev–Trinajstić information content (AvgIpc) is 2.83. The maximum absolute atomic E-state index is 13.1. The van der Waals surface area contributed by atoms with E-state index in [0.717, 1.165) is 21.9 Å². The zero-order valence-electron chi connectivity index (χ0n) is 17.7. The van der Waals surface area contributed by atoms with Crippen LogP contribution >= 0.6 is 0 Å². The molecule has 2 aromatic carbocycles. The second-order valence-corrected chi connectivity index (χ2v) is 7.71. The average molecular weight is 418 g/mol. The molecule has 1 saturated heterocycles. The maximum Gasteiger partial charge on any atom is 0.254 e. The van der Waals surface area contributed by atoms with Crippen molar-refractivity contribution in [1.29, 1.82) is 0 Å². The fraction of sp³-hybridized carbons (Fsp3) is 0.320. The van der Waals surface area contributed by atoms with Crippen LogP contribution in [0, 0.1) is 5.92 Å². The lowest BCUT2D eigenvalue weighted by atomic mass is 9.94. The molecule has 1 aliphatic heterocycles. The van der Waals surface area contributed by atoms with E-state index >= 15 is 0 Å². The number of hydrogen-bond acceptors (Lipinski definition) is 4. The number of ether oxygens (including phenoxy) is 1. The van der Waals surface area contributed by atoms with E-state index < -0.39 is 0 Å². The van der Waals surface area contributed by atoms with E-state index in [0.29, 0.717) is 45.0 Å². The van der Waals surface area contributed by atoms with Gasteiger partial charge in [-0.1, -0.05) is 42.5 Å². The largest absolute Gasteiger partial charge is 0.478 e. The fourth-order valence-electron chi connectivity index (χ4n) is 4.08. The van der Waals surface area contributed by atoms with Crippen molar-refractivity contribution in [1.82, 2.24) is 15.2 Å². The Bertz CT molecular complexity index is 1070. The third-order valence-corrected chi connectivity index (χ3v) is 5.76. The Hall–Kier alpha value is -3.41. The summed E-state index contributed by atoms with van der Waals surface area (Å²) in [6, 6.07) is 17.5. The van der Waals surface area contributed by atoms with Gasteiger partial charge in [0.25, 0.3) is 5.91 Å². The highest BCUT2D eigenvalue weighted by molar-refractivity contribution is 6.07. The van der Waals surface area contributed by atoms with Gasteiger partial charge in [-0.05, 0) is 42.7 Å². The Balaban J connectivity index is 1.34. The molecule has 0 atom stereocenters. The number of hydrogen-bond donors (Lipinski definition) is 1. The fourth-order valence-corrected chi connectivity index (χ4v) is 4.08. The van der Waals surface area contributed by atoms with Crippen molar-refractivity contribution in [2.24, 2.45) is 5.92 Å². The van der Waals surface area contributed by atoms with E-state index in [9.17, 15) is 9.59 Å². The number of carbonyl (C=O) groups excluding carboxylic acids is 2. The number of aromatic nitrogens is 1. The molecule has 31 heavy (non-hydrogen) atoms. The summed E-state index contributed by atoms with van der Waals surface area (Å²) in [6.45, 7) is 3.98. The highest BCUT2D eigenvalue weighted by Crippen LogP contribution is 2.24. The Morgan fingerprint density at radius 3 is 2.65 bits per heavy atom. The SMILES string of the molecule is CCOc1ncccc1CNC(=O)C1CCN(C(=O)c2cccc3ccccc23)CC1. The molecule has 3 aromatic rings. The van der Waals surface area contributed by atoms with Crippen molar-refractivity contribution in [3.05, 3.63) is 71.9 Å². The molecule has 0 unspecified atom stereocenters. The van der Waals surface area contributed by atoms with Crippen LogP contribution in [0.4, 0.5) is 0 Å². The number of pyridine rings is 1. The monoisotopic (exact) mass is 417 g/mol. The van der Waals surface area contributed by atoms with Crippen LogP contribution in [-0.4, -0.2) is 41.4 Å².